The van der Waals surface area contributed by atoms with E-state index in [4.69, 9.17) is 9.47 Å². The minimum absolute atomic E-state index is 0.000191. The second-order valence-corrected chi connectivity index (χ2v) is 3.87. The fraction of sp³-hybridized carbons (Fsp3) is 0.500. The van der Waals surface area contributed by atoms with Crippen molar-refractivity contribution in [1.29, 1.82) is 0 Å². The van der Waals surface area contributed by atoms with Crippen LogP contribution in [0.15, 0.2) is 30.3 Å². The number of ether oxygens (including phenoxy) is 2. The Morgan fingerprint density at radius 1 is 1.40 bits per heavy atom. The summed E-state index contributed by atoms with van der Waals surface area (Å²) in [5, 5.41) is 9.26. The molecule has 0 amide bonds. The molecule has 0 radical (unpaired) electrons. The van der Waals surface area contributed by atoms with Gasteiger partial charge in [0.2, 0.25) is 0 Å². The predicted octanol–water partition coefficient (Wildman–Crippen LogP) is 1.70. The zero-order valence-electron chi connectivity index (χ0n) is 8.80. The van der Waals surface area contributed by atoms with Crippen molar-refractivity contribution in [3.8, 4) is 0 Å². The van der Waals surface area contributed by atoms with Gasteiger partial charge in [-0.3, -0.25) is 0 Å². The van der Waals surface area contributed by atoms with Crippen LogP contribution in [0.1, 0.15) is 18.9 Å². The van der Waals surface area contributed by atoms with E-state index in [-0.39, 0.29) is 12.2 Å². The van der Waals surface area contributed by atoms with Gasteiger partial charge >= 0.3 is 0 Å². The van der Waals surface area contributed by atoms with E-state index in [9.17, 15) is 5.11 Å². The van der Waals surface area contributed by atoms with Gasteiger partial charge in [0.1, 0.15) is 0 Å². The van der Waals surface area contributed by atoms with Crippen molar-refractivity contribution in [2.75, 3.05) is 0 Å². The smallest absolute Gasteiger partial charge is 0.157 e. The second-order valence-electron chi connectivity index (χ2n) is 3.87. The Balaban J connectivity index is 1.84. The summed E-state index contributed by atoms with van der Waals surface area (Å²) in [5.74, 6) is 0. The van der Waals surface area contributed by atoms with Crippen molar-refractivity contribution in [3.63, 3.8) is 0 Å². The SMILES string of the molecule is C[C@H]1O[C@H](O)C[C@@H]1OCc1ccccc1. The van der Waals surface area contributed by atoms with Crippen LogP contribution in [0.4, 0.5) is 0 Å². The van der Waals surface area contributed by atoms with Crippen molar-refractivity contribution in [2.45, 2.75) is 38.4 Å². The van der Waals surface area contributed by atoms with Crippen LogP contribution in [0, 0.1) is 0 Å². The summed E-state index contributed by atoms with van der Waals surface area (Å²) in [4.78, 5) is 0. The molecule has 0 saturated carbocycles. The number of hydrogen-bond donors (Lipinski definition) is 1. The summed E-state index contributed by atoms with van der Waals surface area (Å²) in [6, 6.07) is 10.0. The molecule has 0 aliphatic carbocycles. The summed E-state index contributed by atoms with van der Waals surface area (Å²) in [7, 11) is 0. The van der Waals surface area contributed by atoms with Gasteiger partial charge in [-0.2, -0.15) is 0 Å². The number of benzene rings is 1. The van der Waals surface area contributed by atoms with Crippen LogP contribution in [0.5, 0.6) is 0 Å². The highest BCUT2D eigenvalue weighted by Gasteiger charge is 2.31. The molecule has 1 N–H and O–H groups in total. The molecule has 3 nitrogen and oxygen atoms in total. The highest BCUT2D eigenvalue weighted by atomic mass is 16.6. The molecule has 0 aromatic heterocycles. The number of aliphatic hydroxyl groups is 1. The van der Waals surface area contributed by atoms with Gasteiger partial charge < -0.3 is 14.6 Å². The summed E-state index contributed by atoms with van der Waals surface area (Å²) < 4.78 is 10.9. The average molecular weight is 208 g/mol. The third kappa shape index (κ3) is 2.78. The molecule has 15 heavy (non-hydrogen) atoms. The Morgan fingerprint density at radius 2 is 2.13 bits per heavy atom. The lowest BCUT2D eigenvalue weighted by molar-refractivity contribution is -0.0925. The van der Waals surface area contributed by atoms with E-state index in [2.05, 4.69) is 0 Å². The van der Waals surface area contributed by atoms with Gasteiger partial charge in [0.05, 0.1) is 18.8 Å². The molecule has 1 fully saturated rings. The maximum Gasteiger partial charge on any atom is 0.157 e. The molecule has 1 aliphatic rings. The molecule has 3 atom stereocenters. The molecule has 1 aliphatic heterocycles. The zero-order chi connectivity index (χ0) is 10.7. The first-order valence-corrected chi connectivity index (χ1v) is 5.25. The lowest BCUT2D eigenvalue weighted by Gasteiger charge is -2.14. The predicted molar refractivity (Wildman–Crippen MR) is 56.2 cm³/mol. The Bertz CT molecular complexity index is 299. The van der Waals surface area contributed by atoms with Gasteiger partial charge in [-0.1, -0.05) is 30.3 Å². The molecule has 1 heterocycles. The first-order valence-electron chi connectivity index (χ1n) is 5.25. The molecule has 1 aromatic carbocycles. The van der Waals surface area contributed by atoms with E-state index in [1.165, 1.54) is 0 Å². The quantitative estimate of drug-likeness (QED) is 0.821. The first-order chi connectivity index (χ1) is 7.25. The Kier molecular flexibility index (Phi) is 3.36. The van der Waals surface area contributed by atoms with Crippen molar-refractivity contribution in [1.82, 2.24) is 0 Å². The Morgan fingerprint density at radius 3 is 2.73 bits per heavy atom. The molecule has 1 aromatic rings. The van der Waals surface area contributed by atoms with Crippen LogP contribution in [-0.4, -0.2) is 23.6 Å². The minimum atomic E-state index is -0.666. The monoisotopic (exact) mass is 208 g/mol. The topological polar surface area (TPSA) is 38.7 Å². The zero-order valence-corrected chi connectivity index (χ0v) is 8.80. The Labute approximate surface area is 89.6 Å². The highest BCUT2D eigenvalue weighted by molar-refractivity contribution is 5.13. The van der Waals surface area contributed by atoms with Gasteiger partial charge in [-0.05, 0) is 12.5 Å². The summed E-state index contributed by atoms with van der Waals surface area (Å²) in [5.41, 5.74) is 1.14. The fourth-order valence-electron chi connectivity index (χ4n) is 1.76. The molecule has 0 spiro atoms. The maximum absolute atomic E-state index is 9.26. The molecule has 3 heteroatoms. The normalized spacial score (nSPS) is 30.7. The highest BCUT2D eigenvalue weighted by Crippen LogP contribution is 2.22. The Hall–Kier alpha value is -0.900. The van der Waals surface area contributed by atoms with E-state index in [1.807, 2.05) is 37.3 Å². The van der Waals surface area contributed by atoms with Crippen LogP contribution in [-0.2, 0) is 16.1 Å². The van der Waals surface area contributed by atoms with Crippen molar-refractivity contribution in [3.05, 3.63) is 35.9 Å². The molecular weight excluding hydrogens is 192 g/mol. The van der Waals surface area contributed by atoms with E-state index < -0.39 is 6.29 Å². The van der Waals surface area contributed by atoms with E-state index >= 15 is 0 Å². The van der Waals surface area contributed by atoms with Crippen LogP contribution >= 0.6 is 0 Å². The van der Waals surface area contributed by atoms with E-state index in [1.54, 1.807) is 0 Å². The van der Waals surface area contributed by atoms with Crippen LogP contribution in [0.3, 0.4) is 0 Å². The molecule has 0 unspecified atom stereocenters. The van der Waals surface area contributed by atoms with Crippen LogP contribution in [0.2, 0.25) is 0 Å². The molecule has 82 valence electrons. The summed E-state index contributed by atoms with van der Waals surface area (Å²) >= 11 is 0. The lowest BCUT2D eigenvalue weighted by Crippen LogP contribution is -2.20. The standard InChI is InChI=1S/C12H16O3/c1-9-11(7-12(13)15-9)14-8-10-5-3-2-4-6-10/h2-6,9,11-13H,7-8H2,1H3/t9-,11+,12+/m1/s1. The second kappa shape index (κ2) is 4.75. The third-order valence-electron chi connectivity index (χ3n) is 2.64. The molecule has 2 rings (SSSR count). The number of hydrogen-bond acceptors (Lipinski definition) is 3. The van der Waals surface area contributed by atoms with Crippen molar-refractivity contribution in [2.24, 2.45) is 0 Å². The average Bonchev–Trinajstić information content (AvgIpc) is 2.56. The largest absolute Gasteiger partial charge is 0.371 e. The number of rotatable bonds is 3. The van der Waals surface area contributed by atoms with Gasteiger partial charge in [0.25, 0.3) is 0 Å². The first kappa shape index (κ1) is 10.6. The van der Waals surface area contributed by atoms with Gasteiger partial charge in [-0.25, -0.2) is 0 Å². The molecule has 0 bridgehead atoms. The van der Waals surface area contributed by atoms with Gasteiger partial charge in [0.15, 0.2) is 6.29 Å². The van der Waals surface area contributed by atoms with Crippen molar-refractivity contribution >= 4 is 0 Å². The number of aliphatic hydroxyl groups excluding tert-OH is 1. The lowest BCUT2D eigenvalue weighted by atomic mass is 10.2. The minimum Gasteiger partial charge on any atom is -0.371 e. The third-order valence-corrected chi connectivity index (χ3v) is 2.64. The van der Waals surface area contributed by atoms with Crippen LogP contribution < -0.4 is 0 Å². The van der Waals surface area contributed by atoms with Crippen LogP contribution in [0.25, 0.3) is 0 Å². The summed E-state index contributed by atoms with van der Waals surface area (Å²) in [6.07, 6.45) is -0.127. The van der Waals surface area contributed by atoms with Gasteiger partial charge in [0, 0.05) is 6.42 Å². The summed E-state index contributed by atoms with van der Waals surface area (Å²) in [6.45, 7) is 2.50. The molecule has 1 saturated heterocycles. The molecular formula is C12H16O3. The fourth-order valence-corrected chi connectivity index (χ4v) is 1.76. The van der Waals surface area contributed by atoms with Gasteiger partial charge in [-0.15, -0.1) is 0 Å². The van der Waals surface area contributed by atoms with Crippen molar-refractivity contribution < 1.29 is 14.6 Å². The van der Waals surface area contributed by atoms with E-state index in [0.717, 1.165) is 5.56 Å². The maximum atomic E-state index is 9.26. The van der Waals surface area contributed by atoms with E-state index in [0.29, 0.717) is 13.0 Å².